The predicted molar refractivity (Wildman–Crippen MR) is 120 cm³/mol. The number of thiol groups is 1. The number of hydrogen-bond acceptors (Lipinski definition) is 6. The number of aromatic nitrogens is 2. The van der Waals surface area contributed by atoms with Crippen LogP contribution in [0.15, 0.2) is 48.5 Å². The molecule has 12 heteroatoms. The Bertz CT molecular complexity index is 1150. The van der Waals surface area contributed by atoms with Gasteiger partial charge in [-0.15, -0.1) is 13.2 Å². The number of nitrogens with zero attached hydrogens (tertiary/aromatic N) is 2. The van der Waals surface area contributed by atoms with E-state index in [1.807, 2.05) is 12.1 Å². The summed E-state index contributed by atoms with van der Waals surface area (Å²) < 4.78 is 44.5. The number of nitrogens with one attached hydrogen (secondary N) is 3. The van der Waals surface area contributed by atoms with Crippen molar-refractivity contribution < 1.29 is 27.5 Å². The topological polar surface area (TPSA) is 97.3 Å². The summed E-state index contributed by atoms with van der Waals surface area (Å²) in [5, 5.41) is 9.98. The van der Waals surface area contributed by atoms with Crippen molar-refractivity contribution in [3.63, 3.8) is 0 Å². The Labute approximate surface area is 192 Å². The zero-order chi connectivity index (χ0) is 24.2. The SMILES string of the molecule is Cc1c(NC(=O)c2ccc(OC(F)(F)F)cc2)nn(C)c1-c1ccc(NCC(=O)NS)cc1. The number of anilines is 2. The summed E-state index contributed by atoms with van der Waals surface area (Å²) in [7, 11) is 1.73. The lowest BCUT2D eigenvalue weighted by Crippen LogP contribution is -2.22. The van der Waals surface area contributed by atoms with E-state index in [4.69, 9.17) is 0 Å². The first-order valence-corrected chi connectivity index (χ1v) is 10.00. The van der Waals surface area contributed by atoms with Crippen molar-refractivity contribution in [1.82, 2.24) is 14.5 Å². The Kier molecular flexibility index (Phi) is 7.16. The van der Waals surface area contributed by atoms with Crippen LogP contribution in [-0.4, -0.2) is 34.5 Å². The number of ether oxygens (including phenoxy) is 1. The number of aryl methyl sites for hydroxylation is 1. The first-order chi connectivity index (χ1) is 15.6. The Morgan fingerprint density at radius 1 is 1.09 bits per heavy atom. The van der Waals surface area contributed by atoms with Crippen LogP contribution < -0.4 is 20.1 Å². The Balaban J connectivity index is 1.72. The summed E-state index contributed by atoms with van der Waals surface area (Å²) in [4.78, 5) is 23.8. The smallest absolute Gasteiger partial charge is 0.406 e. The first-order valence-electron chi connectivity index (χ1n) is 9.55. The number of halogens is 3. The third-order valence-electron chi connectivity index (χ3n) is 4.60. The molecule has 0 saturated heterocycles. The van der Waals surface area contributed by atoms with Crippen molar-refractivity contribution in [3.05, 3.63) is 59.7 Å². The number of carbonyl (C=O) groups excluding carboxylic acids is 2. The molecule has 3 rings (SSSR count). The van der Waals surface area contributed by atoms with Gasteiger partial charge in [0.25, 0.3) is 5.91 Å². The monoisotopic (exact) mass is 479 g/mol. The van der Waals surface area contributed by atoms with Crippen molar-refractivity contribution in [2.45, 2.75) is 13.3 Å². The molecule has 174 valence electrons. The predicted octanol–water partition coefficient (Wildman–Crippen LogP) is 3.92. The lowest BCUT2D eigenvalue weighted by Gasteiger charge is -2.09. The van der Waals surface area contributed by atoms with Crippen molar-refractivity contribution in [2.75, 3.05) is 17.2 Å². The minimum Gasteiger partial charge on any atom is -0.406 e. The highest BCUT2D eigenvalue weighted by atomic mass is 32.1. The van der Waals surface area contributed by atoms with Gasteiger partial charge in [0.2, 0.25) is 5.91 Å². The molecule has 0 radical (unpaired) electrons. The molecule has 0 aliphatic carbocycles. The molecule has 0 atom stereocenters. The molecule has 0 fully saturated rings. The number of amides is 2. The Morgan fingerprint density at radius 3 is 2.30 bits per heavy atom. The number of rotatable bonds is 7. The summed E-state index contributed by atoms with van der Waals surface area (Å²) in [6, 6.07) is 11.9. The highest BCUT2D eigenvalue weighted by molar-refractivity contribution is 7.78. The second-order valence-corrected chi connectivity index (χ2v) is 7.16. The van der Waals surface area contributed by atoms with Gasteiger partial charge in [-0.3, -0.25) is 14.3 Å². The van der Waals surface area contributed by atoms with Crippen LogP contribution in [0.2, 0.25) is 0 Å². The van der Waals surface area contributed by atoms with Crippen LogP contribution in [0.4, 0.5) is 24.7 Å². The quantitative estimate of drug-likeness (QED) is 0.385. The third kappa shape index (κ3) is 6.19. The van der Waals surface area contributed by atoms with Gasteiger partial charge in [-0.05, 0) is 43.3 Å². The number of benzene rings is 2. The fourth-order valence-corrected chi connectivity index (χ4v) is 3.19. The molecule has 3 aromatic rings. The number of carbonyl (C=O) groups is 2. The minimum atomic E-state index is -4.80. The molecule has 0 saturated carbocycles. The maximum atomic E-state index is 12.5. The average molecular weight is 479 g/mol. The van der Waals surface area contributed by atoms with Crippen molar-refractivity contribution >= 4 is 36.1 Å². The largest absolute Gasteiger partial charge is 0.573 e. The van der Waals surface area contributed by atoms with Gasteiger partial charge in [-0.2, -0.15) is 5.10 Å². The van der Waals surface area contributed by atoms with Crippen molar-refractivity contribution in [3.8, 4) is 17.0 Å². The van der Waals surface area contributed by atoms with Gasteiger partial charge in [0.15, 0.2) is 5.82 Å². The van der Waals surface area contributed by atoms with Gasteiger partial charge in [0, 0.05) is 29.4 Å². The maximum absolute atomic E-state index is 12.5. The first kappa shape index (κ1) is 24.0. The second-order valence-electron chi connectivity index (χ2n) is 6.94. The molecule has 0 bridgehead atoms. The third-order valence-corrected chi connectivity index (χ3v) is 4.85. The van der Waals surface area contributed by atoms with Crippen molar-refractivity contribution in [2.24, 2.45) is 7.05 Å². The molecule has 2 aromatic carbocycles. The van der Waals surface area contributed by atoms with Crippen LogP contribution >= 0.6 is 12.8 Å². The maximum Gasteiger partial charge on any atom is 0.573 e. The van der Waals surface area contributed by atoms with E-state index in [1.54, 1.807) is 30.8 Å². The molecule has 0 spiro atoms. The highest BCUT2D eigenvalue weighted by Crippen LogP contribution is 2.29. The van der Waals surface area contributed by atoms with Gasteiger partial charge in [-0.1, -0.05) is 24.9 Å². The molecule has 33 heavy (non-hydrogen) atoms. The molecule has 2 amide bonds. The Morgan fingerprint density at radius 2 is 1.73 bits per heavy atom. The van der Waals surface area contributed by atoms with Crippen LogP contribution in [0.3, 0.4) is 0 Å². The molecule has 1 aromatic heterocycles. The van der Waals surface area contributed by atoms with E-state index in [9.17, 15) is 22.8 Å². The van der Waals surface area contributed by atoms with Gasteiger partial charge < -0.3 is 20.1 Å². The summed E-state index contributed by atoms with van der Waals surface area (Å²) in [6.45, 7) is 1.87. The van der Waals surface area contributed by atoms with E-state index in [-0.39, 0.29) is 18.0 Å². The van der Waals surface area contributed by atoms with E-state index < -0.39 is 18.0 Å². The van der Waals surface area contributed by atoms with E-state index in [0.717, 1.165) is 29.1 Å². The van der Waals surface area contributed by atoms with E-state index in [2.05, 4.69) is 38.0 Å². The molecule has 1 heterocycles. The summed E-state index contributed by atoms with van der Waals surface area (Å²) in [6.07, 6.45) is -4.80. The lowest BCUT2D eigenvalue weighted by atomic mass is 10.1. The van der Waals surface area contributed by atoms with Crippen LogP contribution in [0, 0.1) is 6.92 Å². The summed E-state index contributed by atoms with van der Waals surface area (Å²) >= 11 is 3.69. The molecule has 0 unspecified atom stereocenters. The van der Waals surface area contributed by atoms with Crippen LogP contribution in [-0.2, 0) is 11.8 Å². The molecule has 0 aliphatic rings. The zero-order valence-electron chi connectivity index (χ0n) is 17.5. The fraction of sp³-hybridized carbons (Fsp3) is 0.190. The second kappa shape index (κ2) is 9.86. The highest BCUT2D eigenvalue weighted by Gasteiger charge is 2.31. The van der Waals surface area contributed by atoms with Gasteiger partial charge >= 0.3 is 6.36 Å². The van der Waals surface area contributed by atoms with E-state index in [1.165, 1.54) is 12.1 Å². The van der Waals surface area contributed by atoms with Crippen LogP contribution in [0.25, 0.3) is 11.3 Å². The fourth-order valence-electron chi connectivity index (χ4n) is 3.11. The normalized spacial score (nSPS) is 11.1. The van der Waals surface area contributed by atoms with Crippen LogP contribution in [0.5, 0.6) is 5.75 Å². The van der Waals surface area contributed by atoms with Crippen molar-refractivity contribution in [1.29, 1.82) is 0 Å². The number of hydrogen-bond donors (Lipinski definition) is 4. The average Bonchev–Trinajstić information content (AvgIpc) is 3.04. The van der Waals surface area contributed by atoms with Gasteiger partial charge in [0.1, 0.15) is 5.75 Å². The molecular weight excluding hydrogens is 459 g/mol. The van der Waals surface area contributed by atoms with E-state index in [0.29, 0.717) is 11.4 Å². The van der Waals surface area contributed by atoms with Crippen LogP contribution in [0.1, 0.15) is 15.9 Å². The molecule has 3 N–H and O–H groups in total. The van der Waals surface area contributed by atoms with E-state index >= 15 is 0 Å². The molecule has 8 nitrogen and oxygen atoms in total. The number of alkyl halides is 3. The Hall–Kier alpha value is -3.67. The minimum absolute atomic E-state index is 0.0765. The van der Waals surface area contributed by atoms with Gasteiger partial charge in [0.05, 0.1) is 12.2 Å². The summed E-state index contributed by atoms with van der Waals surface area (Å²) in [5.41, 5.74) is 3.19. The molecule has 0 aliphatic heterocycles. The van der Waals surface area contributed by atoms with Gasteiger partial charge in [-0.25, -0.2) is 0 Å². The molecular formula is C21H20F3N5O3S. The lowest BCUT2D eigenvalue weighted by molar-refractivity contribution is -0.274. The summed E-state index contributed by atoms with van der Waals surface area (Å²) in [5.74, 6) is -0.892. The standard InChI is InChI=1S/C21H20F3N5O3S/c1-12-18(13-3-7-15(8-4-13)25-11-17(30)28-33)29(2)27-19(12)26-20(31)14-5-9-16(10-6-14)32-21(22,23)24/h3-10,25,33H,11H2,1-2H3,(H,28,30)(H,26,27,31). The zero-order valence-corrected chi connectivity index (χ0v) is 18.4.